The Morgan fingerprint density at radius 1 is 1.21 bits per heavy atom. The first-order valence-corrected chi connectivity index (χ1v) is 9.78. The van der Waals surface area contributed by atoms with Crippen molar-refractivity contribution in [1.82, 2.24) is 5.32 Å². The van der Waals surface area contributed by atoms with Crippen LogP contribution in [0.5, 0.6) is 0 Å². The lowest BCUT2D eigenvalue weighted by Crippen LogP contribution is -2.38. The molecule has 1 aromatic rings. The smallest absolute Gasteiger partial charge is 0.330 e. The van der Waals surface area contributed by atoms with Crippen molar-refractivity contribution in [3.8, 4) is 0 Å². The minimum absolute atomic E-state index is 0.0600. The summed E-state index contributed by atoms with van der Waals surface area (Å²) in [6.07, 6.45) is 2.17. The highest BCUT2D eigenvalue weighted by Crippen LogP contribution is 2.21. The van der Waals surface area contributed by atoms with Gasteiger partial charge in [-0.25, -0.2) is 13.2 Å². The van der Waals surface area contributed by atoms with Gasteiger partial charge in [-0.05, 0) is 37.0 Å². The summed E-state index contributed by atoms with van der Waals surface area (Å²) >= 11 is 0. The van der Waals surface area contributed by atoms with E-state index in [0.717, 1.165) is 24.0 Å². The van der Waals surface area contributed by atoms with Crippen molar-refractivity contribution in [2.24, 2.45) is 0 Å². The predicted molar refractivity (Wildman–Crippen MR) is 92.6 cm³/mol. The molecule has 0 saturated heterocycles. The summed E-state index contributed by atoms with van der Waals surface area (Å²) in [6, 6.07) is 3.92. The monoisotopic (exact) mass is 355 g/mol. The zero-order chi connectivity index (χ0) is 18.3. The summed E-state index contributed by atoms with van der Waals surface area (Å²) in [7, 11) is -3.53. The van der Waals surface area contributed by atoms with E-state index in [4.69, 9.17) is 0 Å². The third-order valence-electron chi connectivity index (χ3n) is 3.92. The number of carbonyl (C=O) groups is 2. The standard InChI is InChI=1S/C17H25NO5S/c1-4-5-6-10-24(22,23)11-15(19)18-16(17(20)21)14-9-7-8-12(2)13(14)3/h7-9,16H,4-6,10-11H2,1-3H3,(H,18,19)(H,20,21). The van der Waals surface area contributed by atoms with Crippen molar-refractivity contribution >= 4 is 21.7 Å². The summed E-state index contributed by atoms with van der Waals surface area (Å²) in [5.74, 6) is -2.76. The van der Waals surface area contributed by atoms with E-state index < -0.39 is 33.5 Å². The fourth-order valence-corrected chi connectivity index (χ4v) is 3.68. The molecular weight excluding hydrogens is 330 g/mol. The highest BCUT2D eigenvalue weighted by atomic mass is 32.2. The minimum Gasteiger partial charge on any atom is -0.479 e. The van der Waals surface area contributed by atoms with Crippen LogP contribution in [-0.4, -0.2) is 36.9 Å². The zero-order valence-corrected chi connectivity index (χ0v) is 15.1. The van der Waals surface area contributed by atoms with Crippen LogP contribution in [-0.2, 0) is 19.4 Å². The van der Waals surface area contributed by atoms with Gasteiger partial charge in [-0.1, -0.05) is 38.0 Å². The van der Waals surface area contributed by atoms with E-state index in [1.54, 1.807) is 19.1 Å². The highest BCUT2D eigenvalue weighted by molar-refractivity contribution is 7.92. The molecule has 0 aliphatic rings. The molecule has 134 valence electrons. The Kier molecular flexibility index (Phi) is 7.41. The minimum atomic E-state index is -3.53. The average molecular weight is 355 g/mol. The zero-order valence-electron chi connectivity index (χ0n) is 14.3. The van der Waals surface area contributed by atoms with Crippen molar-refractivity contribution in [3.05, 3.63) is 34.9 Å². The van der Waals surface area contributed by atoms with E-state index in [2.05, 4.69) is 5.32 Å². The van der Waals surface area contributed by atoms with E-state index in [1.165, 1.54) is 0 Å². The van der Waals surface area contributed by atoms with E-state index in [-0.39, 0.29) is 5.75 Å². The number of nitrogens with one attached hydrogen (secondary N) is 1. The lowest BCUT2D eigenvalue weighted by atomic mass is 9.97. The predicted octanol–water partition coefficient (Wildman–Crippen LogP) is 2.15. The van der Waals surface area contributed by atoms with Crippen LogP contribution in [0.25, 0.3) is 0 Å². The van der Waals surface area contributed by atoms with Crippen molar-refractivity contribution < 1.29 is 23.1 Å². The van der Waals surface area contributed by atoms with Gasteiger partial charge in [-0.15, -0.1) is 0 Å². The molecule has 1 rings (SSSR count). The molecule has 0 saturated carbocycles. The number of unbranched alkanes of at least 4 members (excludes halogenated alkanes) is 2. The number of sulfone groups is 1. The number of aryl methyl sites for hydroxylation is 1. The molecule has 0 bridgehead atoms. The SMILES string of the molecule is CCCCCS(=O)(=O)CC(=O)NC(C(=O)O)c1cccc(C)c1C. The summed E-state index contributed by atoms with van der Waals surface area (Å²) in [6.45, 7) is 5.58. The number of carbonyl (C=O) groups excluding carboxylic acids is 1. The lowest BCUT2D eigenvalue weighted by molar-refractivity contribution is -0.141. The molecule has 2 N–H and O–H groups in total. The van der Waals surface area contributed by atoms with Crippen molar-refractivity contribution in [2.45, 2.75) is 46.1 Å². The normalized spacial score (nSPS) is 12.6. The lowest BCUT2D eigenvalue weighted by Gasteiger charge is -2.18. The average Bonchev–Trinajstić information content (AvgIpc) is 2.47. The maximum atomic E-state index is 12.0. The van der Waals surface area contributed by atoms with Gasteiger partial charge in [0, 0.05) is 0 Å². The molecule has 0 spiro atoms. The van der Waals surface area contributed by atoms with E-state index in [1.807, 2.05) is 19.9 Å². The second kappa shape index (κ2) is 8.82. The van der Waals surface area contributed by atoms with Crippen LogP contribution in [0.2, 0.25) is 0 Å². The van der Waals surface area contributed by atoms with Crippen LogP contribution in [0.3, 0.4) is 0 Å². The van der Waals surface area contributed by atoms with Crippen molar-refractivity contribution in [1.29, 1.82) is 0 Å². The molecule has 0 heterocycles. The topological polar surface area (TPSA) is 101 Å². The molecule has 0 aliphatic carbocycles. The maximum absolute atomic E-state index is 12.0. The summed E-state index contributed by atoms with van der Waals surface area (Å²) in [5.41, 5.74) is 2.12. The Morgan fingerprint density at radius 3 is 2.46 bits per heavy atom. The van der Waals surface area contributed by atoms with Gasteiger partial charge < -0.3 is 10.4 Å². The quantitative estimate of drug-likeness (QED) is 0.661. The Balaban J connectivity index is 2.84. The van der Waals surface area contributed by atoms with Gasteiger partial charge in [0.1, 0.15) is 5.75 Å². The van der Waals surface area contributed by atoms with Crippen LogP contribution in [0, 0.1) is 13.8 Å². The van der Waals surface area contributed by atoms with Crippen LogP contribution >= 0.6 is 0 Å². The Hall–Kier alpha value is -1.89. The number of hydrogen-bond acceptors (Lipinski definition) is 4. The van der Waals surface area contributed by atoms with Gasteiger partial charge in [-0.2, -0.15) is 0 Å². The number of rotatable bonds is 9. The number of carboxylic acids is 1. The van der Waals surface area contributed by atoms with Crippen LogP contribution in [0.1, 0.15) is 48.9 Å². The summed E-state index contributed by atoms with van der Waals surface area (Å²) < 4.78 is 23.8. The molecule has 1 atom stereocenters. The first-order chi connectivity index (χ1) is 11.2. The third kappa shape index (κ3) is 5.96. The Bertz CT molecular complexity index is 697. The van der Waals surface area contributed by atoms with E-state index in [9.17, 15) is 23.1 Å². The molecule has 1 amide bonds. The molecule has 7 heteroatoms. The number of hydrogen-bond donors (Lipinski definition) is 2. The summed E-state index contributed by atoms with van der Waals surface area (Å²) in [5, 5.41) is 11.7. The maximum Gasteiger partial charge on any atom is 0.330 e. The molecule has 0 radical (unpaired) electrons. The van der Waals surface area contributed by atoms with Gasteiger partial charge in [0.15, 0.2) is 15.9 Å². The Labute approximate surface area is 143 Å². The van der Waals surface area contributed by atoms with Crippen molar-refractivity contribution in [3.63, 3.8) is 0 Å². The molecule has 0 aliphatic heterocycles. The number of benzene rings is 1. The molecule has 0 aromatic heterocycles. The number of amides is 1. The molecular formula is C17H25NO5S. The first-order valence-electron chi connectivity index (χ1n) is 7.96. The van der Waals surface area contributed by atoms with Crippen molar-refractivity contribution in [2.75, 3.05) is 11.5 Å². The first kappa shape index (κ1) is 20.2. The second-order valence-corrected chi connectivity index (χ2v) is 8.11. The van der Waals surface area contributed by atoms with Gasteiger partial charge in [0.25, 0.3) is 0 Å². The van der Waals surface area contributed by atoms with Gasteiger partial charge in [-0.3, -0.25) is 4.79 Å². The van der Waals surface area contributed by atoms with Crippen LogP contribution < -0.4 is 5.32 Å². The molecule has 1 aromatic carbocycles. The van der Waals surface area contributed by atoms with Crippen LogP contribution in [0.4, 0.5) is 0 Å². The molecule has 24 heavy (non-hydrogen) atoms. The molecule has 0 fully saturated rings. The fourth-order valence-electron chi connectivity index (χ4n) is 2.41. The van der Waals surface area contributed by atoms with E-state index in [0.29, 0.717) is 12.0 Å². The molecule has 1 unspecified atom stereocenters. The van der Waals surface area contributed by atoms with Gasteiger partial charge >= 0.3 is 5.97 Å². The van der Waals surface area contributed by atoms with Gasteiger partial charge in [0.05, 0.1) is 5.75 Å². The largest absolute Gasteiger partial charge is 0.479 e. The Morgan fingerprint density at radius 2 is 1.88 bits per heavy atom. The third-order valence-corrected chi connectivity index (χ3v) is 5.53. The summed E-state index contributed by atoms with van der Waals surface area (Å²) in [4.78, 5) is 23.5. The van der Waals surface area contributed by atoms with E-state index >= 15 is 0 Å². The van der Waals surface area contributed by atoms with Gasteiger partial charge in [0.2, 0.25) is 5.91 Å². The highest BCUT2D eigenvalue weighted by Gasteiger charge is 2.26. The molecule has 6 nitrogen and oxygen atoms in total. The second-order valence-electron chi connectivity index (χ2n) is 5.93. The number of aliphatic carboxylic acids is 1. The fraction of sp³-hybridized carbons (Fsp3) is 0.529. The number of carboxylic acid groups (broad SMARTS) is 1. The van der Waals surface area contributed by atoms with Crippen LogP contribution in [0.15, 0.2) is 18.2 Å².